The highest BCUT2D eigenvalue weighted by Crippen LogP contribution is 2.23. The molecule has 1 N–H and O–H groups in total. The number of anilines is 2. The molecule has 2 amide bonds. The summed E-state index contributed by atoms with van der Waals surface area (Å²) in [5.74, 6) is -0.220. The van der Waals surface area contributed by atoms with Crippen molar-refractivity contribution in [2.24, 2.45) is 0 Å². The maximum Gasteiger partial charge on any atom is 0.422 e. The SMILES string of the molecule is O=C(Nc1ccc(OCC(F)(F)F)cc1)c1ccc(N2CCCCC2=O)cc1. The molecule has 2 aromatic carbocycles. The fraction of sp³-hybridized carbons (Fsp3) is 0.300. The lowest BCUT2D eigenvalue weighted by molar-refractivity contribution is -0.153. The molecule has 0 aliphatic carbocycles. The summed E-state index contributed by atoms with van der Waals surface area (Å²) in [6.45, 7) is -0.697. The van der Waals surface area contributed by atoms with Gasteiger partial charge in [-0.3, -0.25) is 9.59 Å². The molecule has 0 aromatic heterocycles. The van der Waals surface area contributed by atoms with Gasteiger partial charge in [0.25, 0.3) is 5.91 Å². The predicted molar refractivity (Wildman–Crippen MR) is 98.6 cm³/mol. The first-order valence-electron chi connectivity index (χ1n) is 8.83. The molecule has 1 aliphatic rings. The zero-order valence-electron chi connectivity index (χ0n) is 15.0. The number of nitrogens with one attached hydrogen (secondary N) is 1. The van der Waals surface area contributed by atoms with Crippen LogP contribution in [-0.2, 0) is 4.79 Å². The van der Waals surface area contributed by atoms with Crippen molar-refractivity contribution in [3.05, 3.63) is 54.1 Å². The number of carbonyl (C=O) groups is 2. The summed E-state index contributed by atoms with van der Waals surface area (Å²) in [7, 11) is 0. The Hall–Kier alpha value is -3.03. The Bertz CT molecular complexity index is 833. The van der Waals surface area contributed by atoms with Crippen molar-refractivity contribution >= 4 is 23.2 Å². The third-order valence-electron chi connectivity index (χ3n) is 4.28. The topological polar surface area (TPSA) is 58.6 Å². The molecule has 0 saturated carbocycles. The van der Waals surface area contributed by atoms with E-state index in [-0.39, 0.29) is 17.6 Å². The third kappa shape index (κ3) is 5.25. The highest BCUT2D eigenvalue weighted by Gasteiger charge is 2.28. The van der Waals surface area contributed by atoms with Gasteiger partial charge in [0, 0.05) is 29.9 Å². The van der Waals surface area contributed by atoms with Crippen LogP contribution in [0, 0.1) is 0 Å². The number of hydrogen-bond donors (Lipinski definition) is 1. The van der Waals surface area contributed by atoms with Crippen molar-refractivity contribution in [3.63, 3.8) is 0 Å². The second kappa shape index (κ2) is 8.33. The Labute approximate surface area is 160 Å². The Morgan fingerprint density at radius 3 is 2.32 bits per heavy atom. The van der Waals surface area contributed by atoms with Gasteiger partial charge in [0.2, 0.25) is 5.91 Å². The van der Waals surface area contributed by atoms with E-state index < -0.39 is 12.8 Å². The second-order valence-electron chi connectivity index (χ2n) is 6.43. The van der Waals surface area contributed by atoms with E-state index in [1.807, 2.05) is 0 Å². The molecule has 0 spiro atoms. The normalized spacial score (nSPS) is 14.7. The Morgan fingerprint density at radius 1 is 1.04 bits per heavy atom. The summed E-state index contributed by atoms with van der Waals surface area (Å²) in [6.07, 6.45) is -2.02. The van der Waals surface area contributed by atoms with Crippen LogP contribution >= 0.6 is 0 Å². The molecular weight excluding hydrogens is 373 g/mol. The summed E-state index contributed by atoms with van der Waals surface area (Å²) in [4.78, 5) is 26.0. The number of hydrogen-bond acceptors (Lipinski definition) is 3. The summed E-state index contributed by atoms with van der Waals surface area (Å²) in [5.41, 5.74) is 1.60. The van der Waals surface area contributed by atoms with Gasteiger partial charge in [0.15, 0.2) is 6.61 Å². The minimum atomic E-state index is -4.40. The molecule has 3 rings (SSSR count). The Morgan fingerprint density at radius 2 is 1.71 bits per heavy atom. The molecule has 148 valence electrons. The number of ether oxygens (including phenoxy) is 1. The summed E-state index contributed by atoms with van der Waals surface area (Å²) in [5, 5.41) is 2.67. The van der Waals surface area contributed by atoms with Gasteiger partial charge < -0.3 is 15.0 Å². The molecule has 1 fully saturated rings. The maximum absolute atomic E-state index is 12.3. The van der Waals surface area contributed by atoms with E-state index in [0.29, 0.717) is 24.2 Å². The molecule has 28 heavy (non-hydrogen) atoms. The third-order valence-corrected chi connectivity index (χ3v) is 4.28. The quantitative estimate of drug-likeness (QED) is 0.821. The zero-order valence-corrected chi connectivity index (χ0v) is 15.0. The van der Waals surface area contributed by atoms with Gasteiger partial charge in [-0.15, -0.1) is 0 Å². The molecule has 0 unspecified atom stereocenters. The predicted octanol–water partition coefficient (Wildman–Crippen LogP) is 4.40. The van der Waals surface area contributed by atoms with Gasteiger partial charge in [-0.1, -0.05) is 0 Å². The number of benzene rings is 2. The number of amides is 2. The highest BCUT2D eigenvalue weighted by molar-refractivity contribution is 6.04. The molecule has 1 heterocycles. The lowest BCUT2D eigenvalue weighted by atomic mass is 10.1. The van der Waals surface area contributed by atoms with Crippen molar-refractivity contribution < 1.29 is 27.5 Å². The minimum absolute atomic E-state index is 0.0610. The van der Waals surface area contributed by atoms with E-state index in [9.17, 15) is 22.8 Å². The number of rotatable bonds is 5. The van der Waals surface area contributed by atoms with E-state index in [1.165, 1.54) is 24.3 Å². The average molecular weight is 392 g/mol. The molecule has 0 bridgehead atoms. The lowest BCUT2D eigenvalue weighted by Crippen LogP contribution is -2.35. The molecular formula is C20H19F3N2O3. The largest absolute Gasteiger partial charge is 0.484 e. The second-order valence-corrected chi connectivity index (χ2v) is 6.43. The van der Waals surface area contributed by atoms with E-state index >= 15 is 0 Å². The Kier molecular flexibility index (Phi) is 5.87. The molecule has 8 heteroatoms. The van der Waals surface area contributed by atoms with Crippen molar-refractivity contribution in [2.45, 2.75) is 25.4 Å². The van der Waals surface area contributed by atoms with Gasteiger partial charge in [0.05, 0.1) is 0 Å². The van der Waals surface area contributed by atoms with Crippen LogP contribution in [0.15, 0.2) is 48.5 Å². The van der Waals surface area contributed by atoms with E-state index in [1.54, 1.807) is 29.2 Å². The van der Waals surface area contributed by atoms with E-state index in [2.05, 4.69) is 10.1 Å². The first-order valence-corrected chi connectivity index (χ1v) is 8.83. The van der Waals surface area contributed by atoms with E-state index in [4.69, 9.17) is 0 Å². The van der Waals surface area contributed by atoms with Gasteiger partial charge in [-0.25, -0.2) is 0 Å². The summed E-state index contributed by atoms with van der Waals surface area (Å²) >= 11 is 0. The molecule has 5 nitrogen and oxygen atoms in total. The smallest absolute Gasteiger partial charge is 0.422 e. The Balaban J connectivity index is 1.59. The summed E-state index contributed by atoms with van der Waals surface area (Å²) < 4.78 is 41.1. The van der Waals surface area contributed by atoms with Crippen LogP contribution in [0.5, 0.6) is 5.75 Å². The fourth-order valence-corrected chi connectivity index (χ4v) is 2.87. The van der Waals surface area contributed by atoms with Crippen molar-refractivity contribution in [2.75, 3.05) is 23.4 Å². The maximum atomic E-state index is 12.3. The lowest BCUT2D eigenvalue weighted by Gasteiger charge is -2.26. The van der Waals surface area contributed by atoms with Crippen molar-refractivity contribution in [1.29, 1.82) is 0 Å². The molecule has 0 atom stereocenters. The molecule has 2 aromatic rings. The van der Waals surface area contributed by atoms with Crippen LogP contribution in [0.2, 0.25) is 0 Å². The van der Waals surface area contributed by atoms with Crippen LogP contribution in [0.3, 0.4) is 0 Å². The highest BCUT2D eigenvalue weighted by atomic mass is 19.4. The van der Waals surface area contributed by atoms with Gasteiger partial charge in [0.1, 0.15) is 5.75 Å². The van der Waals surface area contributed by atoms with Gasteiger partial charge >= 0.3 is 6.18 Å². The number of halogens is 3. The molecule has 1 saturated heterocycles. The first-order chi connectivity index (χ1) is 13.3. The van der Waals surface area contributed by atoms with Gasteiger partial charge in [-0.05, 0) is 61.4 Å². The van der Waals surface area contributed by atoms with Crippen molar-refractivity contribution in [1.82, 2.24) is 0 Å². The van der Waals surface area contributed by atoms with Gasteiger partial charge in [-0.2, -0.15) is 13.2 Å². The fourth-order valence-electron chi connectivity index (χ4n) is 2.87. The molecule has 1 aliphatic heterocycles. The summed E-state index contributed by atoms with van der Waals surface area (Å²) in [6, 6.07) is 12.4. The standard InChI is InChI=1S/C20H19F3N2O3/c21-20(22,23)13-28-17-10-6-15(7-11-17)24-19(27)14-4-8-16(9-5-14)25-12-2-1-3-18(25)26/h4-11H,1-3,12-13H2,(H,24,27). The minimum Gasteiger partial charge on any atom is -0.484 e. The van der Waals surface area contributed by atoms with E-state index in [0.717, 1.165) is 18.5 Å². The van der Waals surface area contributed by atoms with Crippen LogP contribution in [-0.4, -0.2) is 31.1 Å². The average Bonchev–Trinajstić information content (AvgIpc) is 2.67. The number of nitrogens with zero attached hydrogens (tertiary/aromatic N) is 1. The van der Waals surface area contributed by atoms with Crippen LogP contribution in [0.25, 0.3) is 0 Å². The monoisotopic (exact) mass is 392 g/mol. The first kappa shape index (κ1) is 19.7. The van der Waals surface area contributed by atoms with Crippen LogP contribution in [0.4, 0.5) is 24.5 Å². The number of piperidine rings is 1. The zero-order chi connectivity index (χ0) is 20.1. The van der Waals surface area contributed by atoms with Crippen LogP contribution < -0.4 is 15.0 Å². The van der Waals surface area contributed by atoms with Crippen LogP contribution in [0.1, 0.15) is 29.6 Å². The molecule has 0 radical (unpaired) electrons. The number of alkyl halides is 3. The van der Waals surface area contributed by atoms with Crippen molar-refractivity contribution in [3.8, 4) is 5.75 Å². The number of carbonyl (C=O) groups excluding carboxylic acids is 2.